The molecule has 0 saturated carbocycles. The molecule has 5 nitrogen and oxygen atoms in total. The summed E-state index contributed by atoms with van der Waals surface area (Å²) < 4.78 is 5.45. The van der Waals surface area contributed by atoms with Gasteiger partial charge in [-0.05, 0) is 39.0 Å². The van der Waals surface area contributed by atoms with E-state index in [1.165, 1.54) is 0 Å². The second-order valence-electron chi connectivity index (χ2n) is 4.59. The topological polar surface area (TPSA) is 67.4 Å². The molecule has 2 N–H and O–H groups in total. The van der Waals surface area contributed by atoms with Crippen molar-refractivity contribution in [3.63, 3.8) is 0 Å². The van der Waals surface area contributed by atoms with Crippen LogP contribution in [0.1, 0.15) is 31.1 Å². The van der Waals surface area contributed by atoms with Crippen LogP contribution in [0, 0.1) is 0 Å². The lowest BCUT2D eigenvalue weighted by atomic mass is 10.1. The molecular weight excluding hydrogens is 232 g/mol. The lowest BCUT2D eigenvalue weighted by Gasteiger charge is -2.23. The zero-order chi connectivity index (χ0) is 13.3. The van der Waals surface area contributed by atoms with Gasteiger partial charge < -0.3 is 15.4 Å². The van der Waals surface area contributed by atoms with Gasteiger partial charge in [-0.25, -0.2) is 0 Å². The van der Waals surface area contributed by atoms with Crippen LogP contribution >= 0.6 is 0 Å². The molecule has 0 spiro atoms. The van der Waals surface area contributed by atoms with Crippen molar-refractivity contribution in [3.8, 4) is 5.75 Å². The van der Waals surface area contributed by atoms with Crippen molar-refractivity contribution < 1.29 is 14.3 Å². The first-order valence-corrected chi connectivity index (χ1v) is 5.90. The molecule has 1 aliphatic rings. The number of hydrogen-bond donors (Lipinski definition) is 2. The van der Waals surface area contributed by atoms with Crippen LogP contribution in [0.15, 0.2) is 18.2 Å². The van der Waals surface area contributed by atoms with E-state index < -0.39 is 6.10 Å². The van der Waals surface area contributed by atoms with Crippen molar-refractivity contribution in [2.24, 2.45) is 0 Å². The Kier molecular flexibility index (Phi) is 3.23. The van der Waals surface area contributed by atoms with Crippen molar-refractivity contribution in [2.45, 2.75) is 32.9 Å². The minimum atomic E-state index is -0.541. The highest BCUT2D eigenvalue weighted by atomic mass is 16.5. The molecule has 0 saturated heterocycles. The number of rotatable bonds is 2. The second-order valence-corrected chi connectivity index (χ2v) is 4.59. The Morgan fingerprint density at radius 3 is 2.83 bits per heavy atom. The van der Waals surface area contributed by atoms with Gasteiger partial charge in [0.2, 0.25) is 0 Å². The van der Waals surface area contributed by atoms with Crippen molar-refractivity contribution in [1.82, 2.24) is 5.32 Å². The summed E-state index contributed by atoms with van der Waals surface area (Å²) in [5.41, 5.74) is 1.12. The zero-order valence-corrected chi connectivity index (χ0v) is 10.6. The molecule has 18 heavy (non-hydrogen) atoms. The SMILES string of the molecule is CC(C)NC(=O)c1ccc2c(c1)OC(C)C(=O)N2. The highest BCUT2D eigenvalue weighted by Crippen LogP contribution is 2.30. The Balaban J connectivity index is 2.25. The Bertz CT molecular complexity index is 497. The Labute approximate surface area is 106 Å². The molecule has 5 heteroatoms. The van der Waals surface area contributed by atoms with Crippen LogP contribution in [-0.4, -0.2) is 24.0 Å². The normalized spacial score (nSPS) is 17.8. The first kappa shape index (κ1) is 12.4. The number of anilines is 1. The number of carbonyl (C=O) groups is 2. The van der Waals surface area contributed by atoms with E-state index in [-0.39, 0.29) is 17.9 Å². The maximum atomic E-state index is 11.8. The molecule has 1 aromatic rings. The van der Waals surface area contributed by atoms with E-state index in [9.17, 15) is 9.59 Å². The van der Waals surface area contributed by atoms with E-state index in [2.05, 4.69) is 10.6 Å². The van der Waals surface area contributed by atoms with Crippen LogP contribution in [0.25, 0.3) is 0 Å². The fraction of sp³-hybridized carbons (Fsp3) is 0.385. The van der Waals surface area contributed by atoms with E-state index >= 15 is 0 Å². The molecule has 1 heterocycles. The summed E-state index contributed by atoms with van der Waals surface area (Å²) in [6, 6.07) is 5.06. The minimum absolute atomic E-state index is 0.0769. The molecule has 2 amide bonds. The summed E-state index contributed by atoms with van der Waals surface area (Å²) in [4.78, 5) is 23.2. The fourth-order valence-electron chi connectivity index (χ4n) is 1.69. The van der Waals surface area contributed by atoms with Crippen LogP contribution in [0.2, 0.25) is 0 Å². The van der Waals surface area contributed by atoms with Gasteiger partial charge in [-0.15, -0.1) is 0 Å². The van der Waals surface area contributed by atoms with Gasteiger partial charge in [-0.2, -0.15) is 0 Å². The summed E-state index contributed by atoms with van der Waals surface area (Å²) in [5, 5.41) is 5.52. The third kappa shape index (κ3) is 2.45. The Hall–Kier alpha value is -2.04. The molecule has 0 aromatic heterocycles. The molecule has 1 atom stereocenters. The van der Waals surface area contributed by atoms with Gasteiger partial charge in [0.1, 0.15) is 5.75 Å². The minimum Gasteiger partial charge on any atom is -0.479 e. The van der Waals surface area contributed by atoms with Crippen LogP contribution < -0.4 is 15.4 Å². The average molecular weight is 248 g/mol. The predicted molar refractivity (Wildman–Crippen MR) is 67.8 cm³/mol. The molecule has 0 radical (unpaired) electrons. The molecule has 1 aromatic carbocycles. The Morgan fingerprint density at radius 1 is 1.44 bits per heavy atom. The molecule has 96 valence electrons. The van der Waals surface area contributed by atoms with Crippen LogP contribution in [-0.2, 0) is 4.79 Å². The van der Waals surface area contributed by atoms with E-state index in [1.807, 2.05) is 13.8 Å². The fourth-order valence-corrected chi connectivity index (χ4v) is 1.69. The Morgan fingerprint density at radius 2 is 2.17 bits per heavy atom. The van der Waals surface area contributed by atoms with Crippen molar-refractivity contribution in [3.05, 3.63) is 23.8 Å². The lowest BCUT2D eigenvalue weighted by Crippen LogP contribution is -2.35. The number of nitrogens with one attached hydrogen (secondary N) is 2. The standard InChI is InChI=1S/C13H16N2O3/c1-7(2)14-13(17)9-4-5-10-11(6-9)18-8(3)12(16)15-10/h4-8H,1-3H3,(H,14,17)(H,15,16). The summed E-state index contributed by atoms with van der Waals surface area (Å²) in [6.45, 7) is 5.46. The van der Waals surface area contributed by atoms with Gasteiger partial charge in [-0.1, -0.05) is 0 Å². The molecular formula is C13H16N2O3. The second kappa shape index (κ2) is 4.68. The summed E-state index contributed by atoms with van der Waals surface area (Å²) in [5.74, 6) is 0.196. The van der Waals surface area contributed by atoms with E-state index in [0.717, 1.165) is 0 Å². The average Bonchev–Trinajstić information content (AvgIpc) is 2.29. The van der Waals surface area contributed by atoms with Crippen molar-refractivity contribution in [2.75, 3.05) is 5.32 Å². The summed E-state index contributed by atoms with van der Waals surface area (Å²) in [6.07, 6.45) is -0.541. The van der Waals surface area contributed by atoms with Gasteiger partial charge in [0.25, 0.3) is 11.8 Å². The molecule has 1 aliphatic heterocycles. The maximum absolute atomic E-state index is 11.8. The van der Waals surface area contributed by atoms with Crippen LogP contribution in [0.5, 0.6) is 5.75 Å². The number of hydrogen-bond acceptors (Lipinski definition) is 3. The van der Waals surface area contributed by atoms with Gasteiger partial charge in [0.15, 0.2) is 6.10 Å². The molecule has 0 bridgehead atoms. The molecule has 1 unspecified atom stereocenters. The molecule has 0 aliphatic carbocycles. The number of benzene rings is 1. The summed E-state index contributed by atoms with van der Waals surface area (Å²) in [7, 11) is 0. The molecule has 0 fully saturated rings. The third-order valence-electron chi connectivity index (χ3n) is 2.59. The van der Waals surface area contributed by atoms with E-state index in [4.69, 9.17) is 4.74 Å². The van der Waals surface area contributed by atoms with Gasteiger partial charge in [0.05, 0.1) is 5.69 Å². The van der Waals surface area contributed by atoms with Gasteiger partial charge in [-0.3, -0.25) is 9.59 Å². The first-order valence-electron chi connectivity index (χ1n) is 5.90. The quantitative estimate of drug-likeness (QED) is 0.834. The van der Waals surface area contributed by atoms with Crippen LogP contribution in [0.4, 0.5) is 5.69 Å². The van der Waals surface area contributed by atoms with Gasteiger partial charge in [0, 0.05) is 11.6 Å². The van der Waals surface area contributed by atoms with Crippen molar-refractivity contribution >= 4 is 17.5 Å². The highest BCUT2D eigenvalue weighted by Gasteiger charge is 2.24. The monoisotopic (exact) mass is 248 g/mol. The largest absolute Gasteiger partial charge is 0.479 e. The lowest BCUT2D eigenvalue weighted by molar-refractivity contribution is -0.122. The van der Waals surface area contributed by atoms with Crippen LogP contribution in [0.3, 0.4) is 0 Å². The van der Waals surface area contributed by atoms with Crippen molar-refractivity contribution in [1.29, 1.82) is 0 Å². The number of carbonyl (C=O) groups excluding carboxylic acids is 2. The molecule has 2 rings (SSSR count). The number of ether oxygens (including phenoxy) is 1. The van der Waals surface area contributed by atoms with E-state index in [0.29, 0.717) is 17.0 Å². The zero-order valence-electron chi connectivity index (χ0n) is 10.6. The number of amides is 2. The smallest absolute Gasteiger partial charge is 0.265 e. The highest BCUT2D eigenvalue weighted by molar-refractivity contribution is 6.00. The predicted octanol–water partition coefficient (Wildman–Crippen LogP) is 1.54. The van der Waals surface area contributed by atoms with Gasteiger partial charge >= 0.3 is 0 Å². The third-order valence-corrected chi connectivity index (χ3v) is 2.59. The maximum Gasteiger partial charge on any atom is 0.265 e. The van der Waals surface area contributed by atoms with E-state index in [1.54, 1.807) is 25.1 Å². The first-order chi connectivity index (χ1) is 8.47. The summed E-state index contributed by atoms with van der Waals surface area (Å²) >= 11 is 0. The number of fused-ring (bicyclic) bond motifs is 1.